The fourth-order valence-corrected chi connectivity index (χ4v) is 4.69. The van der Waals surface area contributed by atoms with Gasteiger partial charge in [0.2, 0.25) is 5.95 Å². The Morgan fingerprint density at radius 3 is 2.11 bits per heavy atom. The molecule has 190 valence electrons. The van der Waals surface area contributed by atoms with E-state index in [1.165, 1.54) is 12.1 Å². The fourth-order valence-electron chi connectivity index (χ4n) is 3.61. The number of hydrogen-bond donors (Lipinski definition) is 3. The lowest BCUT2D eigenvalue weighted by atomic mass is 10.2. The number of sulfonamides is 1. The van der Waals surface area contributed by atoms with E-state index in [9.17, 15) is 13.2 Å². The van der Waals surface area contributed by atoms with Crippen LogP contribution in [0.15, 0.2) is 114 Å². The summed E-state index contributed by atoms with van der Waals surface area (Å²) < 4.78 is 26.3. The molecule has 1 aromatic heterocycles. The largest absolute Gasteiger partial charge is 0.323 e. The monoisotopic (exact) mass is 544 g/mol. The first-order chi connectivity index (χ1) is 18.4. The number of amides is 1. The summed E-state index contributed by atoms with van der Waals surface area (Å²) in [6.45, 7) is 0. The van der Waals surface area contributed by atoms with Crippen LogP contribution in [0.4, 0.5) is 11.6 Å². The molecular weight excluding hydrogens is 524 g/mol. The molecule has 0 unspecified atom stereocenters. The Kier molecular flexibility index (Phi) is 7.18. The number of hydrogen-bond acceptors (Lipinski definition) is 6. The lowest BCUT2D eigenvalue weighted by Gasteiger charge is -2.09. The number of hydrazine groups is 1. The standard InChI is InChI=1S/C27H21ClN6O3S/c28-24-14-8-7-13-23(24)25-30-27(32-34(25)21-9-3-1-4-10-21)29-20-17-15-19(16-18-20)26(35)31-33-38(36,37)22-11-5-2-6-12-22/h1-18,33H,(H,29,32)(H,31,35). The van der Waals surface area contributed by atoms with Gasteiger partial charge in [0.05, 0.1) is 15.6 Å². The van der Waals surface area contributed by atoms with Crippen molar-refractivity contribution in [3.63, 3.8) is 0 Å². The van der Waals surface area contributed by atoms with Crippen LogP contribution in [0, 0.1) is 0 Å². The average molecular weight is 545 g/mol. The van der Waals surface area contributed by atoms with E-state index < -0.39 is 15.9 Å². The van der Waals surface area contributed by atoms with Gasteiger partial charge >= 0.3 is 0 Å². The van der Waals surface area contributed by atoms with Crippen molar-refractivity contribution in [1.29, 1.82) is 0 Å². The minimum Gasteiger partial charge on any atom is -0.323 e. The van der Waals surface area contributed by atoms with Gasteiger partial charge in [0.25, 0.3) is 15.9 Å². The lowest BCUT2D eigenvalue weighted by Crippen LogP contribution is -2.41. The third kappa shape index (κ3) is 5.57. The zero-order valence-electron chi connectivity index (χ0n) is 19.7. The van der Waals surface area contributed by atoms with E-state index in [0.29, 0.717) is 22.5 Å². The highest BCUT2D eigenvalue weighted by atomic mass is 35.5. The highest BCUT2D eigenvalue weighted by Gasteiger charge is 2.17. The number of nitrogens with zero attached hydrogens (tertiary/aromatic N) is 3. The van der Waals surface area contributed by atoms with Crippen molar-refractivity contribution >= 4 is 39.2 Å². The smallest absolute Gasteiger partial charge is 0.266 e. The summed E-state index contributed by atoms with van der Waals surface area (Å²) in [6.07, 6.45) is 0. The Morgan fingerprint density at radius 2 is 1.42 bits per heavy atom. The minimum atomic E-state index is -3.89. The molecule has 1 heterocycles. The number of anilines is 2. The van der Waals surface area contributed by atoms with E-state index in [1.54, 1.807) is 53.2 Å². The molecular formula is C27H21ClN6O3S. The Balaban J connectivity index is 1.33. The molecule has 0 aliphatic carbocycles. The maximum Gasteiger partial charge on any atom is 0.266 e. The van der Waals surface area contributed by atoms with Crippen molar-refractivity contribution < 1.29 is 13.2 Å². The van der Waals surface area contributed by atoms with Crippen molar-refractivity contribution in [1.82, 2.24) is 25.0 Å². The summed E-state index contributed by atoms with van der Waals surface area (Å²) in [5, 5.41) is 8.30. The Bertz CT molecular complexity index is 1680. The van der Waals surface area contributed by atoms with Gasteiger partial charge in [0, 0.05) is 16.8 Å². The normalized spacial score (nSPS) is 11.2. The summed E-state index contributed by atoms with van der Waals surface area (Å²) in [5.41, 5.74) is 4.64. The van der Waals surface area contributed by atoms with Gasteiger partial charge in [-0.1, -0.05) is 60.1 Å². The molecule has 4 aromatic carbocycles. The van der Waals surface area contributed by atoms with Crippen molar-refractivity contribution in [2.45, 2.75) is 4.90 Å². The average Bonchev–Trinajstić information content (AvgIpc) is 3.37. The van der Waals surface area contributed by atoms with Gasteiger partial charge in [-0.05, 0) is 60.7 Å². The molecule has 1 amide bonds. The molecule has 0 saturated carbocycles. The van der Waals surface area contributed by atoms with Crippen LogP contribution in [0.2, 0.25) is 5.02 Å². The number of rotatable bonds is 8. The van der Waals surface area contributed by atoms with Crippen molar-refractivity contribution in [3.05, 3.63) is 120 Å². The second kappa shape index (κ2) is 10.9. The summed E-state index contributed by atoms with van der Waals surface area (Å²) in [5.74, 6) is 0.283. The summed E-state index contributed by atoms with van der Waals surface area (Å²) >= 11 is 6.44. The molecule has 11 heteroatoms. The molecule has 9 nitrogen and oxygen atoms in total. The van der Waals surface area contributed by atoms with E-state index in [4.69, 9.17) is 11.6 Å². The van der Waals surface area contributed by atoms with Gasteiger partial charge < -0.3 is 5.32 Å². The van der Waals surface area contributed by atoms with Gasteiger partial charge in [-0.15, -0.1) is 9.93 Å². The first-order valence-electron chi connectivity index (χ1n) is 11.4. The van der Waals surface area contributed by atoms with E-state index in [-0.39, 0.29) is 10.5 Å². The number of aromatic nitrogens is 3. The Hall–Kier alpha value is -4.51. The fraction of sp³-hybridized carbons (Fsp3) is 0. The van der Waals surface area contributed by atoms with Crippen LogP contribution >= 0.6 is 11.6 Å². The van der Waals surface area contributed by atoms with E-state index in [2.05, 4.69) is 25.7 Å². The molecule has 38 heavy (non-hydrogen) atoms. The maximum atomic E-state index is 12.5. The minimum absolute atomic E-state index is 0.0402. The van der Waals surface area contributed by atoms with Gasteiger partial charge in [-0.2, -0.15) is 4.98 Å². The molecule has 5 rings (SSSR count). The molecule has 0 saturated heterocycles. The topological polar surface area (TPSA) is 118 Å². The van der Waals surface area contributed by atoms with Gasteiger partial charge in [0.1, 0.15) is 0 Å². The Labute approximate surface area is 224 Å². The van der Waals surface area contributed by atoms with Crippen molar-refractivity contribution in [2.24, 2.45) is 0 Å². The molecule has 0 spiro atoms. The zero-order valence-corrected chi connectivity index (χ0v) is 21.3. The third-order valence-corrected chi connectivity index (χ3v) is 7.07. The number of nitrogens with one attached hydrogen (secondary N) is 3. The molecule has 3 N–H and O–H groups in total. The van der Waals surface area contributed by atoms with Crippen molar-refractivity contribution in [3.8, 4) is 17.1 Å². The van der Waals surface area contributed by atoms with Crippen molar-refractivity contribution in [2.75, 3.05) is 5.32 Å². The summed E-state index contributed by atoms with van der Waals surface area (Å²) in [6, 6.07) is 31.1. The number of benzene rings is 4. The van der Waals surface area contributed by atoms with Crippen LogP contribution in [-0.4, -0.2) is 29.1 Å². The van der Waals surface area contributed by atoms with Gasteiger partial charge in [-0.3, -0.25) is 10.2 Å². The molecule has 0 radical (unpaired) electrons. The highest BCUT2D eigenvalue weighted by Crippen LogP contribution is 2.29. The quantitative estimate of drug-likeness (QED) is 0.238. The Morgan fingerprint density at radius 1 is 0.789 bits per heavy atom. The van der Waals surface area contributed by atoms with Crippen LogP contribution in [0.5, 0.6) is 0 Å². The number of carbonyl (C=O) groups excluding carboxylic acids is 1. The first-order valence-corrected chi connectivity index (χ1v) is 13.3. The second-order valence-corrected chi connectivity index (χ2v) is 10.2. The van der Waals surface area contributed by atoms with E-state index in [1.807, 2.05) is 48.5 Å². The number of carbonyl (C=O) groups is 1. The van der Waals surface area contributed by atoms with Crippen LogP contribution < -0.4 is 15.6 Å². The molecule has 0 bridgehead atoms. The predicted octanol–water partition coefficient (Wildman–Crippen LogP) is 4.95. The van der Waals surface area contributed by atoms with E-state index in [0.717, 1.165) is 11.3 Å². The molecule has 5 aromatic rings. The van der Waals surface area contributed by atoms with Crippen LogP contribution in [0.25, 0.3) is 17.1 Å². The third-order valence-electron chi connectivity index (χ3n) is 5.48. The molecule has 0 aliphatic rings. The maximum absolute atomic E-state index is 12.5. The molecule has 0 aliphatic heterocycles. The number of para-hydroxylation sites is 1. The van der Waals surface area contributed by atoms with Crippen LogP contribution in [0.3, 0.4) is 0 Å². The molecule has 0 atom stereocenters. The first kappa shape index (κ1) is 25.2. The van der Waals surface area contributed by atoms with Crippen LogP contribution in [0.1, 0.15) is 10.4 Å². The lowest BCUT2D eigenvalue weighted by molar-refractivity contribution is 0.0945. The van der Waals surface area contributed by atoms with Gasteiger partial charge in [0.15, 0.2) is 5.82 Å². The van der Waals surface area contributed by atoms with Gasteiger partial charge in [-0.25, -0.2) is 13.1 Å². The second-order valence-electron chi connectivity index (χ2n) is 8.06. The van der Waals surface area contributed by atoms with Crippen LogP contribution in [-0.2, 0) is 10.0 Å². The van der Waals surface area contributed by atoms with E-state index >= 15 is 0 Å². The SMILES string of the molecule is O=C(NNS(=O)(=O)c1ccccc1)c1ccc(Nc2nc(-c3ccccc3Cl)n(-c3ccccc3)n2)cc1. The number of halogens is 1. The predicted molar refractivity (Wildman–Crippen MR) is 146 cm³/mol. The highest BCUT2D eigenvalue weighted by molar-refractivity contribution is 7.89. The summed E-state index contributed by atoms with van der Waals surface area (Å²) in [4.78, 5) is 19.3. The zero-order chi connectivity index (χ0) is 26.5. The molecule has 0 fully saturated rings. The summed E-state index contributed by atoms with van der Waals surface area (Å²) in [7, 11) is -3.89.